The molecule has 94 valence electrons. The third-order valence-electron chi connectivity index (χ3n) is 3.13. The number of hydroxylamine groups is 2. The molecule has 0 radical (unpaired) electrons. The standard InChI is InChI=1S/C12H23NO3/c1-6-13(15-7-2)11(14)16-12(4,5)10-8-9(10)3/h9-10H,6-8H2,1-5H3/t9?,10-/m0/s1. The van der Waals surface area contributed by atoms with Gasteiger partial charge in [0.25, 0.3) is 0 Å². The topological polar surface area (TPSA) is 38.8 Å². The highest BCUT2D eigenvalue weighted by Gasteiger charge is 2.47. The molecule has 0 saturated heterocycles. The van der Waals surface area contributed by atoms with E-state index in [0.717, 1.165) is 6.42 Å². The molecule has 0 aromatic heterocycles. The molecule has 4 heteroatoms. The first-order valence-electron chi connectivity index (χ1n) is 6.05. The monoisotopic (exact) mass is 229 g/mol. The van der Waals surface area contributed by atoms with Gasteiger partial charge in [-0.2, -0.15) is 5.06 Å². The molecule has 4 nitrogen and oxygen atoms in total. The Kier molecular flexibility index (Phi) is 4.19. The van der Waals surface area contributed by atoms with Crippen molar-refractivity contribution >= 4 is 6.09 Å². The predicted molar refractivity (Wildman–Crippen MR) is 61.8 cm³/mol. The Morgan fingerprint density at radius 1 is 1.44 bits per heavy atom. The van der Waals surface area contributed by atoms with Crippen LogP contribution in [0.2, 0.25) is 0 Å². The quantitative estimate of drug-likeness (QED) is 0.680. The first-order chi connectivity index (χ1) is 7.42. The van der Waals surface area contributed by atoms with Gasteiger partial charge in [-0.05, 0) is 40.0 Å². The van der Waals surface area contributed by atoms with E-state index >= 15 is 0 Å². The Morgan fingerprint density at radius 3 is 2.38 bits per heavy atom. The minimum atomic E-state index is -0.388. The van der Waals surface area contributed by atoms with Crippen LogP contribution in [0.15, 0.2) is 0 Å². The molecule has 1 saturated carbocycles. The molecule has 1 aliphatic rings. The van der Waals surface area contributed by atoms with E-state index in [1.807, 2.05) is 27.7 Å². The summed E-state index contributed by atoms with van der Waals surface area (Å²) in [5, 5.41) is 1.27. The van der Waals surface area contributed by atoms with Gasteiger partial charge in [0.05, 0.1) is 6.61 Å². The van der Waals surface area contributed by atoms with Gasteiger partial charge in [-0.15, -0.1) is 0 Å². The Bertz CT molecular complexity index is 253. The van der Waals surface area contributed by atoms with Gasteiger partial charge in [-0.25, -0.2) is 4.79 Å². The summed E-state index contributed by atoms with van der Waals surface area (Å²) in [5.41, 5.74) is -0.388. The van der Waals surface area contributed by atoms with E-state index < -0.39 is 0 Å². The van der Waals surface area contributed by atoms with Gasteiger partial charge < -0.3 is 4.74 Å². The number of amides is 1. The average Bonchev–Trinajstić information content (AvgIpc) is 2.91. The smallest absolute Gasteiger partial charge is 0.434 e. The Morgan fingerprint density at radius 2 is 2.00 bits per heavy atom. The van der Waals surface area contributed by atoms with Gasteiger partial charge in [0, 0.05) is 12.5 Å². The van der Waals surface area contributed by atoms with Crippen molar-refractivity contribution in [2.75, 3.05) is 13.2 Å². The molecule has 0 spiro atoms. The summed E-state index contributed by atoms with van der Waals surface area (Å²) in [6.45, 7) is 10.8. The first-order valence-corrected chi connectivity index (χ1v) is 6.05. The van der Waals surface area contributed by atoms with Gasteiger partial charge in [0.15, 0.2) is 0 Å². The minimum Gasteiger partial charge on any atom is -0.442 e. The molecule has 1 fully saturated rings. The second-order valence-electron chi connectivity index (χ2n) is 4.90. The minimum absolute atomic E-state index is 0.381. The average molecular weight is 229 g/mol. The third-order valence-corrected chi connectivity index (χ3v) is 3.13. The van der Waals surface area contributed by atoms with Crippen LogP contribution in [0.5, 0.6) is 0 Å². The second-order valence-corrected chi connectivity index (χ2v) is 4.90. The van der Waals surface area contributed by atoms with Gasteiger partial charge in [0.1, 0.15) is 5.60 Å². The summed E-state index contributed by atoms with van der Waals surface area (Å²) in [6.07, 6.45) is 0.759. The number of hydrogen-bond acceptors (Lipinski definition) is 3. The van der Waals surface area contributed by atoms with Crippen LogP contribution < -0.4 is 0 Å². The molecule has 1 rings (SSSR count). The largest absolute Gasteiger partial charge is 0.442 e. The highest BCUT2D eigenvalue weighted by molar-refractivity contribution is 5.66. The molecular formula is C12H23NO3. The first kappa shape index (κ1) is 13.3. The molecule has 2 atom stereocenters. The molecule has 0 bridgehead atoms. The Balaban J connectivity index is 2.48. The highest BCUT2D eigenvalue weighted by Crippen LogP contribution is 2.47. The van der Waals surface area contributed by atoms with Crippen molar-refractivity contribution in [3.63, 3.8) is 0 Å². The van der Waals surface area contributed by atoms with Crippen LogP contribution in [0.25, 0.3) is 0 Å². The lowest BCUT2D eigenvalue weighted by Gasteiger charge is -2.29. The van der Waals surface area contributed by atoms with Crippen molar-refractivity contribution in [3.8, 4) is 0 Å². The summed E-state index contributed by atoms with van der Waals surface area (Å²) in [5.74, 6) is 1.14. The fourth-order valence-electron chi connectivity index (χ4n) is 2.07. The van der Waals surface area contributed by atoms with Crippen molar-refractivity contribution in [1.82, 2.24) is 5.06 Å². The molecule has 0 N–H and O–H groups in total. The van der Waals surface area contributed by atoms with E-state index in [1.165, 1.54) is 5.06 Å². The Hall–Kier alpha value is -0.770. The molecule has 1 amide bonds. The molecule has 0 heterocycles. The lowest BCUT2D eigenvalue weighted by atomic mass is 10.0. The van der Waals surface area contributed by atoms with E-state index in [9.17, 15) is 4.79 Å². The van der Waals surface area contributed by atoms with Gasteiger partial charge in [-0.3, -0.25) is 4.84 Å². The zero-order chi connectivity index (χ0) is 12.3. The number of carbonyl (C=O) groups excluding carboxylic acids is 1. The number of nitrogens with zero attached hydrogens (tertiary/aromatic N) is 1. The van der Waals surface area contributed by atoms with E-state index in [1.54, 1.807) is 0 Å². The van der Waals surface area contributed by atoms with Crippen LogP contribution in [-0.2, 0) is 9.57 Å². The van der Waals surface area contributed by atoms with Crippen LogP contribution in [0.3, 0.4) is 0 Å². The third kappa shape index (κ3) is 3.11. The number of rotatable bonds is 5. The maximum Gasteiger partial charge on any atom is 0.434 e. The van der Waals surface area contributed by atoms with E-state index in [2.05, 4.69) is 6.92 Å². The molecule has 0 aliphatic heterocycles. The maximum atomic E-state index is 11.8. The lowest BCUT2D eigenvalue weighted by molar-refractivity contribution is -0.144. The van der Waals surface area contributed by atoms with Crippen LogP contribution in [0, 0.1) is 11.8 Å². The van der Waals surface area contributed by atoms with Crippen molar-refractivity contribution in [1.29, 1.82) is 0 Å². The molecule has 0 aromatic rings. The maximum absolute atomic E-state index is 11.8. The fraction of sp³-hybridized carbons (Fsp3) is 0.917. The molecule has 1 unspecified atom stereocenters. The number of ether oxygens (including phenoxy) is 1. The van der Waals surface area contributed by atoms with Crippen molar-refractivity contribution < 1.29 is 14.4 Å². The molecule has 0 aromatic carbocycles. The van der Waals surface area contributed by atoms with Gasteiger partial charge in [-0.1, -0.05) is 6.92 Å². The van der Waals surface area contributed by atoms with Crippen molar-refractivity contribution in [3.05, 3.63) is 0 Å². The van der Waals surface area contributed by atoms with Gasteiger partial charge >= 0.3 is 6.09 Å². The van der Waals surface area contributed by atoms with Crippen LogP contribution in [0.1, 0.15) is 41.0 Å². The zero-order valence-electron chi connectivity index (χ0n) is 10.9. The van der Waals surface area contributed by atoms with E-state index in [0.29, 0.717) is 25.0 Å². The second kappa shape index (κ2) is 5.04. The molecule has 16 heavy (non-hydrogen) atoms. The highest BCUT2D eigenvalue weighted by atomic mass is 16.7. The number of carbonyl (C=O) groups is 1. The SMILES string of the molecule is CCON(CC)C(=O)OC(C)(C)[C@H]1CC1C. The normalized spacial score (nSPS) is 24.1. The lowest BCUT2D eigenvalue weighted by Crippen LogP contribution is -2.39. The molecular weight excluding hydrogens is 206 g/mol. The van der Waals surface area contributed by atoms with Crippen LogP contribution >= 0.6 is 0 Å². The van der Waals surface area contributed by atoms with E-state index in [4.69, 9.17) is 9.57 Å². The summed E-state index contributed by atoms with van der Waals surface area (Å²) in [7, 11) is 0. The zero-order valence-corrected chi connectivity index (χ0v) is 10.9. The fourth-order valence-corrected chi connectivity index (χ4v) is 2.07. The number of hydrogen-bond donors (Lipinski definition) is 0. The Labute approximate surface area is 97.9 Å². The summed E-state index contributed by atoms with van der Waals surface area (Å²) >= 11 is 0. The van der Waals surface area contributed by atoms with Gasteiger partial charge in [0.2, 0.25) is 0 Å². The summed E-state index contributed by atoms with van der Waals surface area (Å²) < 4.78 is 5.50. The van der Waals surface area contributed by atoms with Crippen molar-refractivity contribution in [2.45, 2.75) is 46.6 Å². The summed E-state index contributed by atoms with van der Waals surface area (Å²) in [4.78, 5) is 17.0. The van der Waals surface area contributed by atoms with Crippen LogP contribution in [-0.4, -0.2) is 29.9 Å². The predicted octanol–water partition coefficient (Wildman–Crippen LogP) is 2.83. The van der Waals surface area contributed by atoms with E-state index in [-0.39, 0.29) is 11.7 Å². The van der Waals surface area contributed by atoms with Crippen molar-refractivity contribution in [2.24, 2.45) is 11.8 Å². The molecule has 1 aliphatic carbocycles. The summed E-state index contributed by atoms with van der Waals surface area (Å²) in [6, 6.07) is 0. The van der Waals surface area contributed by atoms with Crippen LogP contribution in [0.4, 0.5) is 4.79 Å².